The van der Waals surface area contributed by atoms with Gasteiger partial charge in [0.25, 0.3) is 11.6 Å². The first kappa shape index (κ1) is 13.3. The molecule has 0 saturated heterocycles. The van der Waals surface area contributed by atoms with Gasteiger partial charge in [-0.15, -0.1) is 0 Å². The molecule has 1 amide bonds. The minimum atomic E-state index is -0.544. The van der Waals surface area contributed by atoms with Gasteiger partial charge in [0.05, 0.1) is 4.92 Å². The fraction of sp³-hybridized carbons (Fsp3) is 0.462. The zero-order valence-corrected chi connectivity index (χ0v) is 10.8. The monoisotopic (exact) mass is 263 g/mol. The lowest BCUT2D eigenvalue weighted by molar-refractivity contribution is -0.385. The van der Waals surface area contributed by atoms with E-state index in [1.807, 2.05) is 6.92 Å². The number of benzene rings is 1. The normalized spacial score (nSPS) is 14.2. The van der Waals surface area contributed by atoms with Gasteiger partial charge in [-0.05, 0) is 37.8 Å². The lowest BCUT2D eigenvalue weighted by atomic mass is 10.1. The number of amides is 1. The Hall–Kier alpha value is -2.11. The molecule has 0 atom stereocenters. The third kappa shape index (κ3) is 3.01. The Morgan fingerprint density at radius 2 is 2.21 bits per heavy atom. The predicted octanol–water partition coefficient (Wildman–Crippen LogP) is 2.05. The van der Waals surface area contributed by atoms with Crippen LogP contribution in [0.5, 0.6) is 0 Å². The molecule has 0 heterocycles. The van der Waals surface area contributed by atoms with Gasteiger partial charge in [0, 0.05) is 24.8 Å². The highest BCUT2D eigenvalue weighted by Crippen LogP contribution is 2.31. The van der Waals surface area contributed by atoms with Crippen molar-refractivity contribution < 1.29 is 9.72 Å². The third-order valence-corrected chi connectivity index (χ3v) is 3.29. The van der Waals surface area contributed by atoms with E-state index < -0.39 is 4.92 Å². The number of nitrogens with two attached hydrogens (primary N) is 1. The van der Waals surface area contributed by atoms with E-state index in [9.17, 15) is 14.9 Å². The van der Waals surface area contributed by atoms with Gasteiger partial charge in [0.2, 0.25) is 0 Å². The van der Waals surface area contributed by atoms with Crippen LogP contribution in [-0.4, -0.2) is 28.8 Å². The second-order valence-corrected chi connectivity index (χ2v) is 4.82. The van der Waals surface area contributed by atoms with Gasteiger partial charge in [-0.1, -0.05) is 0 Å². The number of carbonyl (C=O) groups is 1. The number of anilines is 1. The van der Waals surface area contributed by atoms with Gasteiger partial charge >= 0.3 is 0 Å². The molecule has 2 rings (SSSR count). The summed E-state index contributed by atoms with van der Waals surface area (Å²) in [6.07, 6.45) is 2.26. The number of nitro groups is 1. The molecular formula is C13H17N3O3. The Balaban J connectivity index is 2.29. The molecule has 1 aliphatic rings. The average Bonchev–Trinajstić information content (AvgIpc) is 3.18. The topological polar surface area (TPSA) is 89.5 Å². The van der Waals surface area contributed by atoms with Crippen molar-refractivity contribution >= 4 is 17.3 Å². The minimum absolute atomic E-state index is 0.0764. The van der Waals surface area contributed by atoms with E-state index in [0.29, 0.717) is 24.7 Å². The third-order valence-electron chi connectivity index (χ3n) is 3.29. The standard InChI is InChI=1S/C13H17N3O3/c1-2-15(8-9-3-4-9)13(17)11-7-10(14)5-6-12(11)16(18)19/h5-7,9H,2-4,8,14H2,1H3. The van der Waals surface area contributed by atoms with Gasteiger partial charge < -0.3 is 10.6 Å². The van der Waals surface area contributed by atoms with Gasteiger partial charge in [-0.3, -0.25) is 14.9 Å². The van der Waals surface area contributed by atoms with Crippen molar-refractivity contribution in [3.8, 4) is 0 Å². The highest BCUT2D eigenvalue weighted by Gasteiger charge is 2.29. The van der Waals surface area contributed by atoms with E-state index in [1.165, 1.54) is 18.2 Å². The first-order valence-electron chi connectivity index (χ1n) is 6.36. The largest absolute Gasteiger partial charge is 0.399 e. The van der Waals surface area contributed by atoms with Crippen molar-refractivity contribution in [1.82, 2.24) is 4.90 Å². The molecule has 0 unspecified atom stereocenters. The molecule has 6 heteroatoms. The van der Waals surface area contributed by atoms with Crippen molar-refractivity contribution in [3.63, 3.8) is 0 Å². The number of nitrogens with zero attached hydrogens (tertiary/aromatic N) is 2. The van der Waals surface area contributed by atoms with Crippen LogP contribution in [0.2, 0.25) is 0 Å². The van der Waals surface area contributed by atoms with Crippen LogP contribution in [0.4, 0.5) is 11.4 Å². The molecule has 102 valence electrons. The Labute approximate surface area is 111 Å². The summed E-state index contributed by atoms with van der Waals surface area (Å²) in [5.74, 6) is 0.234. The molecule has 1 fully saturated rings. The van der Waals surface area contributed by atoms with Gasteiger partial charge in [-0.25, -0.2) is 0 Å². The van der Waals surface area contributed by atoms with Crippen molar-refractivity contribution in [3.05, 3.63) is 33.9 Å². The summed E-state index contributed by atoms with van der Waals surface area (Å²) < 4.78 is 0. The molecular weight excluding hydrogens is 246 g/mol. The van der Waals surface area contributed by atoms with E-state index in [4.69, 9.17) is 5.73 Å². The molecule has 19 heavy (non-hydrogen) atoms. The quantitative estimate of drug-likeness (QED) is 0.500. The Morgan fingerprint density at radius 3 is 2.74 bits per heavy atom. The number of carbonyl (C=O) groups excluding carboxylic acids is 1. The predicted molar refractivity (Wildman–Crippen MR) is 71.8 cm³/mol. The molecule has 1 aromatic carbocycles. The molecule has 1 aliphatic carbocycles. The highest BCUT2D eigenvalue weighted by molar-refractivity contribution is 5.99. The summed E-state index contributed by atoms with van der Waals surface area (Å²) in [5, 5.41) is 11.0. The van der Waals surface area contributed by atoms with E-state index >= 15 is 0 Å². The number of nitrogen functional groups attached to an aromatic ring is 1. The maximum absolute atomic E-state index is 12.4. The lowest BCUT2D eigenvalue weighted by Gasteiger charge is -2.20. The van der Waals surface area contributed by atoms with Crippen molar-refractivity contribution in [2.75, 3.05) is 18.8 Å². The number of rotatable bonds is 5. The average molecular weight is 263 g/mol. The molecule has 0 spiro atoms. The van der Waals surface area contributed by atoms with Gasteiger partial charge in [0.1, 0.15) is 5.56 Å². The minimum Gasteiger partial charge on any atom is -0.399 e. The summed E-state index contributed by atoms with van der Waals surface area (Å²) in [4.78, 5) is 24.5. The molecule has 2 N–H and O–H groups in total. The van der Waals surface area contributed by atoms with Crippen LogP contribution in [0.25, 0.3) is 0 Å². The van der Waals surface area contributed by atoms with Crippen LogP contribution < -0.4 is 5.73 Å². The summed E-state index contributed by atoms with van der Waals surface area (Å²) in [6, 6.07) is 4.11. The highest BCUT2D eigenvalue weighted by atomic mass is 16.6. The smallest absolute Gasteiger partial charge is 0.282 e. The Morgan fingerprint density at radius 1 is 1.53 bits per heavy atom. The van der Waals surface area contributed by atoms with Crippen LogP contribution in [0, 0.1) is 16.0 Å². The molecule has 0 aliphatic heterocycles. The van der Waals surface area contributed by atoms with Crippen molar-refractivity contribution in [1.29, 1.82) is 0 Å². The van der Waals surface area contributed by atoms with E-state index in [1.54, 1.807) is 4.90 Å². The number of hydrogen-bond acceptors (Lipinski definition) is 4. The van der Waals surface area contributed by atoms with Crippen molar-refractivity contribution in [2.45, 2.75) is 19.8 Å². The molecule has 1 saturated carbocycles. The zero-order valence-electron chi connectivity index (χ0n) is 10.8. The maximum Gasteiger partial charge on any atom is 0.282 e. The second kappa shape index (κ2) is 5.26. The van der Waals surface area contributed by atoms with Crippen molar-refractivity contribution in [2.24, 2.45) is 5.92 Å². The lowest BCUT2D eigenvalue weighted by Crippen LogP contribution is -2.33. The fourth-order valence-corrected chi connectivity index (χ4v) is 2.02. The van der Waals surface area contributed by atoms with Crippen LogP contribution in [0.3, 0.4) is 0 Å². The summed E-state index contributed by atoms with van der Waals surface area (Å²) in [6.45, 7) is 3.08. The van der Waals surface area contributed by atoms with Gasteiger partial charge in [-0.2, -0.15) is 0 Å². The molecule has 0 bridgehead atoms. The maximum atomic E-state index is 12.4. The molecule has 6 nitrogen and oxygen atoms in total. The Kier molecular flexibility index (Phi) is 3.69. The van der Waals surface area contributed by atoms with Crippen LogP contribution >= 0.6 is 0 Å². The SMILES string of the molecule is CCN(CC1CC1)C(=O)c1cc(N)ccc1[N+](=O)[O-]. The first-order valence-corrected chi connectivity index (χ1v) is 6.36. The molecule has 0 radical (unpaired) electrons. The van der Waals surface area contributed by atoms with Gasteiger partial charge in [0.15, 0.2) is 0 Å². The van der Waals surface area contributed by atoms with E-state index in [2.05, 4.69) is 0 Å². The van der Waals surface area contributed by atoms with Crippen LogP contribution in [0.15, 0.2) is 18.2 Å². The number of hydrogen-bond donors (Lipinski definition) is 1. The summed E-state index contributed by atoms with van der Waals surface area (Å²) in [5.41, 5.74) is 5.87. The summed E-state index contributed by atoms with van der Waals surface area (Å²) >= 11 is 0. The molecule has 0 aromatic heterocycles. The number of nitro benzene ring substituents is 1. The second-order valence-electron chi connectivity index (χ2n) is 4.82. The first-order chi connectivity index (χ1) is 9.02. The van der Waals surface area contributed by atoms with Crippen LogP contribution in [-0.2, 0) is 0 Å². The van der Waals surface area contributed by atoms with Crippen LogP contribution in [0.1, 0.15) is 30.1 Å². The Bertz CT molecular complexity index is 512. The fourth-order valence-electron chi connectivity index (χ4n) is 2.02. The summed E-state index contributed by atoms with van der Waals surface area (Å²) in [7, 11) is 0. The van der Waals surface area contributed by atoms with E-state index in [-0.39, 0.29) is 17.2 Å². The zero-order chi connectivity index (χ0) is 14.0. The van der Waals surface area contributed by atoms with E-state index in [0.717, 1.165) is 12.8 Å². The molecule has 1 aromatic rings.